The molecule has 190 valence electrons. The molecule has 5 rings (SSSR count). The zero-order valence-electron chi connectivity index (χ0n) is 21.1. The second-order valence-electron chi connectivity index (χ2n) is 10.2. The van der Waals surface area contributed by atoms with E-state index in [2.05, 4.69) is 25.4 Å². The molecule has 1 aromatic carbocycles. The molecule has 1 N–H and O–H groups in total. The Kier molecular flexibility index (Phi) is 6.63. The predicted octanol–water partition coefficient (Wildman–Crippen LogP) is 3.64. The molecule has 4 heterocycles. The van der Waals surface area contributed by atoms with E-state index >= 15 is 0 Å². The number of pyridine rings is 1. The molecule has 36 heavy (non-hydrogen) atoms. The summed E-state index contributed by atoms with van der Waals surface area (Å²) in [6.45, 7) is 7.91. The maximum Gasteiger partial charge on any atom is 0.253 e. The largest absolute Gasteiger partial charge is 0.497 e. The highest BCUT2D eigenvalue weighted by Crippen LogP contribution is 2.32. The molecule has 1 aliphatic rings. The van der Waals surface area contributed by atoms with Gasteiger partial charge in [0.15, 0.2) is 5.82 Å². The third-order valence-electron chi connectivity index (χ3n) is 6.51. The molecule has 0 radical (unpaired) electrons. The van der Waals surface area contributed by atoms with Crippen molar-refractivity contribution < 1.29 is 13.9 Å². The summed E-state index contributed by atoms with van der Waals surface area (Å²) >= 11 is 0. The van der Waals surface area contributed by atoms with Crippen LogP contribution in [0.15, 0.2) is 51.9 Å². The molecule has 0 amide bonds. The normalized spacial score (nSPS) is 17.2. The lowest BCUT2D eigenvalue weighted by Gasteiger charge is -2.33. The number of nitrogens with one attached hydrogen (secondary N) is 1. The Balaban J connectivity index is 1.69. The van der Waals surface area contributed by atoms with Crippen molar-refractivity contribution >= 4 is 10.9 Å². The van der Waals surface area contributed by atoms with Crippen LogP contribution in [0.5, 0.6) is 5.75 Å². The fourth-order valence-electron chi connectivity index (χ4n) is 4.79. The van der Waals surface area contributed by atoms with Gasteiger partial charge in [-0.3, -0.25) is 9.69 Å². The Morgan fingerprint density at radius 2 is 2.14 bits per heavy atom. The van der Waals surface area contributed by atoms with E-state index in [-0.39, 0.29) is 11.7 Å². The average Bonchev–Trinajstić information content (AvgIpc) is 3.62. The van der Waals surface area contributed by atoms with Crippen LogP contribution in [0.3, 0.4) is 0 Å². The predicted molar refractivity (Wildman–Crippen MR) is 134 cm³/mol. The van der Waals surface area contributed by atoms with Crippen LogP contribution in [0.1, 0.15) is 56.8 Å². The van der Waals surface area contributed by atoms with Crippen LogP contribution >= 0.6 is 0 Å². The second kappa shape index (κ2) is 9.87. The Morgan fingerprint density at radius 3 is 2.83 bits per heavy atom. The second-order valence-corrected chi connectivity index (χ2v) is 10.2. The van der Waals surface area contributed by atoms with Gasteiger partial charge < -0.3 is 18.9 Å². The molecule has 1 fully saturated rings. The van der Waals surface area contributed by atoms with Gasteiger partial charge in [0, 0.05) is 29.6 Å². The molecule has 0 spiro atoms. The maximum absolute atomic E-state index is 13.6. The van der Waals surface area contributed by atoms with E-state index in [1.54, 1.807) is 18.1 Å². The number of fused-ring (bicyclic) bond motifs is 1. The monoisotopic (exact) mass is 492 g/mol. The van der Waals surface area contributed by atoms with E-state index in [1.807, 2.05) is 57.2 Å². The van der Waals surface area contributed by atoms with Gasteiger partial charge in [-0.15, -0.1) is 5.10 Å². The van der Waals surface area contributed by atoms with Crippen LogP contribution in [0.2, 0.25) is 0 Å². The quantitative estimate of drug-likeness (QED) is 0.397. The zero-order chi connectivity index (χ0) is 25.3. The Bertz CT molecular complexity index is 1370. The molecular weight excluding hydrogens is 460 g/mol. The number of methoxy groups -OCH3 is 1. The van der Waals surface area contributed by atoms with Crippen LogP contribution < -0.4 is 10.3 Å². The van der Waals surface area contributed by atoms with Crippen molar-refractivity contribution in [1.29, 1.82) is 0 Å². The first-order chi connectivity index (χ1) is 17.3. The van der Waals surface area contributed by atoms with Gasteiger partial charge in [-0.05, 0) is 80.4 Å². The van der Waals surface area contributed by atoms with E-state index in [1.165, 1.54) is 0 Å². The van der Waals surface area contributed by atoms with Gasteiger partial charge in [-0.2, -0.15) is 0 Å². The summed E-state index contributed by atoms with van der Waals surface area (Å²) in [7, 11) is 1.63. The van der Waals surface area contributed by atoms with Crippen LogP contribution in [0.25, 0.3) is 10.9 Å². The third kappa shape index (κ3) is 4.91. The Morgan fingerprint density at radius 1 is 1.28 bits per heavy atom. The molecular formula is C26H32N6O4. The van der Waals surface area contributed by atoms with Crippen LogP contribution in [-0.4, -0.2) is 56.5 Å². The van der Waals surface area contributed by atoms with Gasteiger partial charge in [-0.1, -0.05) is 0 Å². The number of H-pyrrole nitrogens is 1. The fraction of sp³-hybridized carbons (Fsp3) is 0.462. The number of rotatable bonds is 8. The minimum atomic E-state index is -0.548. The summed E-state index contributed by atoms with van der Waals surface area (Å²) in [4.78, 5) is 18.8. The molecule has 3 aromatic heterocycles. The summed E-state index contributed by atoms with van der Waals surface area (Å²) in [5.74, 6) is 2.08. The summed E-state index contributed by atoms with van der Waals surface area (Å²) in [6.07, 6.45) is 3.67. The van der Waals surface area contributed by atoms with Gasteiger partial charge in [0.1, 0.15) is 17.6 Å². The van der Waals surface area contributed by atoms with E-state index in [0.29, 0.717) is 30.2 Å². The summed E-state index contributed by atoms with van der Waals surface area (Å²) in [5, 5.41) is 13.6. The van der Waals surface area contributed by atoms with Crippen LogP contribution in [0.4, 0.5) is 0 Å². The minimum absolute atomic E-state index is 0.0426. The number of aromatic amines is 1. The fourth-order valence-corrected chi connectivity index (χ4v) is 4.79. The molecule has 2 atom stereocenters. The van der Waals surface area contributed by atoms with Crippen molar-refractivity contribution in [1.82, 2.24) is 30.1 Å². The number of tetrazole rings is 1. The zero-order valence-corrected chi connectivity index (χ0v) is 21.1. The highest BCUT2D eigenvalue weighted by Gasteiger charge is 2.35. The number of nitrogens with zero attached hydrogens (tertiary/aromatic N) is 5. The van der Waals surface area contributed by atoms with Crippen LogP contribution in [-0.2, 0) is 16.8 Å². The van der Waals surface area contributed by atoms with E-state index in [9.17, 15) is 4.79 Å². The van der Waals surface area contributed by atoms with E-state index in [4.69, 9.17) is 13.9 Å². The number of hydrogen-bond acceptors (Lipinski definition) is 8. The highest BCUT2D eigenvalue weighted by atomic mass is 16.5. The summed E-state index contributed by atoms with van der Waals surface area (Å²) < 4.78 is 18.9. The number of aromatic nitrogens is 5. The molecule has 10 heteroatoms. The van der Waals surface area contributed by atoms with Gasteiger partial charge >= 0.3 is 0 Å². The van der Waals surface area contributed by atoms with Crippen molar-refractivity contribution in [2.75, 3.05) is 20.3 Å². The maximum atomic E-state index is 13.6. The van der Waals surface area contributed by atoms with Crippen molar-refractivity contribution in [2.45, 2.75) is 57.8 Å². The first kappa shape index (κ1) is 24.2. The smallest absolute Gasteiger partial charge is 0.253 e. The highest BCUT2D eigenvalue weighted by molar-refractivity contribution is 5.80. The van der Waals surface area contributed by atoms with Crippen molar-refractivity contribution in [2.24, 2.45) is 0 Å². The molecule has 10 nitrogen and oxygen atoms in total. The van der Waals surface area contributed by atoms with Gasteiger partial charge in [0.25, 0.3) is 5.56 Å². The molecule has 4 aromatic rings. The number of ether oxygens (including phenoxy) is 2. The molecule has 1 saturated heterocycles. The standard InChI is InChI=1S/C26H32N6O4/c1-26(2,3)32-24(28-29-30-32)23(21-14-17-13-18(34-4)9-10-22(17)27-25(21)33)31(15-19-7-5-11-35-19)16-20-8-6-12-36-20/h5,7,9-11,13-14,20,23H,6,8,12,15-16H2,1-4H3,(H,27,33)/t20-,23+/m0/s1. The molecule has 0 aliphatic carbocycles. The summed E-state index contributed by atoms with van der Waals surface area (Å²) in [6, 6.07) is 10.7. The number of furan rings is 1. The first-order valence-electron chi connectivity index (χ1n) is 12.2. The van der Waals surface area contributed by atoms with E-state index < -0.39 is 11.6 Å². The third-order valence-corrected chi connectivity index (χ3v) is 6.51. The van der Waals surface area contributed by atoms with Crippen LogP contribution in [0, 0.1) is 0 Å². The summed E-state index contributed by atoms with van der Waals surface area (Å²) in [5.41, 5.74) is 0.679. The van der Waals surface area contributed by atoms with E-state index in [0.717, 1.165) is 36.1 Å². The minimum Gasteiger partial charge on any atom is -0.497 e. The van der Waals surface area contributed by atoms with Gasteiger partial charge in [-0.25, -0.2) is 4.68 Å². The van der Waals surface area contributed by atoms with Gasteiger partial charge in [0.05, 0.1) is 31.6 Å². The van der Waals surface area contributed by atoms with Crippen molar-refractivity contribution in [3.8, 4) is 5.75 Å². The Labute approximate surface area is 209 Å². The molecule has 0 bridgehead atoms. The topological polar surface area (TPSA) is 111 Å². The van der Waals surface area contributed by atoms with Crippen molar-refractivity contribution in [3.05, 3.63) is 70.2 Å². The first-order valence-corrected chi connectivity index (χ1v) is 12.2. The lowest BCUT2D eigenvalue weighted by Crippen LogP contribution is -2.40. The van der Waals surface area contributed by atoms with Crippen molar-refractivity contribution in [3.63, 3.8) is 0 Å². The molecule has 0 saturated carbocycles. The van der Waals surface area contributed by atoms with Gasteiger partial charge in [0.2, 0.25) is 0 Å². The average molecular weight is 493 g/mol. The lowest BCUT2D eigenvalue weighted by molar-refractivity contribution is 0.0536. The Hall–Kier alpha value is -3.50. The lowest BCUT2D eigenvalue weighted by atomic mass is 10.0. The SMILES string of the molecule is COc1ccc2[nH]c(=O)c([C@H](c3nnnn3C(C)(C)C)N(Cc3ccco3)C[C@@H]3CCCO3)cc2c1. The molecule has 0 unspecified atom stereocenters. The number of hydrogen-bond donors (Lipinski definition) is 1. The number of benzene rings is 1. The molecule has 1 aliphatic heterocycles.